The molecule has 0 unspecified atom stereocenters. The van der Waals surface area contributed by atoms with E-state index in [1.54, 1.807) is 6.20 Å². The first-order chi connectivity index (χ1) is 10.2. The van der Waals surface area contributed by atoms with Crippen LogP contribution < -0.4 is 4.90 Å². The maximum absolute atomic E-state index is 5.42. The zero-order valence-corrected chi connectivity index (χ0v) is 12.1. The summed E-state index contributed by atoms with van der Waals surface area (Å²) in [5, 5.41) is 4.12. The van der Waals surface area contributed by atoms with E-state index in [9.17, 15) is 0 Å². The van der Waals surface area contributed by atoms with Gasteiger partial charge in [-0.15, -0.1) is 0 Å². The van der Waals surface area contributed by atoms with Crippen molar-refractivity contribution in [3.63, 3.8) is 0 Å². The Bertz CT molecular complexity index is 645. The van der Waals surface area contributed by atoms with E-state index < -0.39 is 0 Å². The molecule has 0 radical (unpaired) electrons. The second-order valence-electron chi connectivity index (χ2n) is 5.99. The SMILES string of the molecule is CC1(c2nc(-c3ccnc(N4CCOCC4)c3)no2)CC1. The molecule has 1 aliphatic heterocycles. The van der Waals surface area contributed by atoms with E-state index >= 15 is 0 Å². The van der Waals surface area contributed by atoms with Crippen molar-refractivity contribution in [2.75, 3.05) is 31.2 Å². The molecule has 2 aliphatic rings. The van der Waals surface area contributed by atoms with Gasteiger partial charge in [-0.1, -0.05) is 12.1 Å². The Labute approximate surface area is 123 Å². The highest BCUT2D eigenvalue weighted by Crippen LogP contribution is 2.47. The van der Waals surface area contributed by atoms with Crippen LogP contribution in [-0.4, -0.2) is 41.4 Å². The van der Waals surface area contributed by atoms with E-state index in [1.165, 1.54) is 0 Å². The van der Waals surface area contributed by atoms with Crippen LogP contribution in [0.1, 0.15) is 25.7 Å². The fourth-order valence-electron chi connectivity index (χ4n) is 2.51. The molecule has 21 heavy (non-hydrogen) atoms. The number of aromatic nitrogens is 3. The van der Waals surface area contributed by atoms with Crippen LogP contribution in [0.25, 0.3) is 11.4 Å². The fourth-order valence-corrected chi connectivity index (χ4v) is 2.51. The second-order valence-corrected chi connectivity index (χ2v) is 5.99. The molecule has 2 aromatic heterocycles. The van der Waals surface area contributed by atoms with Crippen molar-refractivity contribution in [3.8, 4) is 11.4 Å². The van der Waals surface area contributed by atoms with E-state index in [-0.39, 0.29) is 5.41 Å². The number of anilines is 1. The van der Waals surface area contributed by atoms with E-state index in [0.29, 0.717) is 5.82 Å². The van der Waals surface area contributed by atoms with Crippen LogP contribution in [0, 0.1) is 0 Å². The van der Waals surface area contributed by atoms with Crippen LogP contribution in [0.2, 0.25) is 0 Å². The smallest absolute Gasteiger partial charge is 0.232 e. The lowest BCUT2D eigenvalue weighted by molar-refractivity contribution is 0.122. The van der Waals surface area contributed by atoms with Gasteiger partial charge in [0.25, 0.3) is 0 Å². The first-order valence-electron chi connectivity index (χ1n) is 7.38. The van der Waals surface area contributed by atoms with Crippen LogP contribution in [-0.2, 0) is 10.2 Å². The number of ether oxygens (including phenoxy) is 1. The molecule has 0 bridgehead atoms. The lowest BCUT2D eigenvalue weighted by Crippen LogP contribution is -2.36. The van der Waals surface area contributed by atoms with Crippen LogP contribution >= 0.6 is 0 Å². The molecule has 110 valence electrons. The molecule has 1 aliphatic carbocycles. The number of rotatable bonds is 3. The van der Waals surface area contributed by atoms with Crippen molar-refractivity contribution >= 4 is 5.82 Å². The highest BCUT2D eigenvalue weighted by molar-refractivity contribution is 5.59. The summed E-state index contributed by atoms with van der Waals surface area (Å²) in [6.07, 6.45) is 4.06. The molecule has 2 fully saturated rings. The van der Waals surface area contributed by atoms with Crippen molar-refractivity contribution in [2.45, 2.75) is 25.2 Å². The van der Waals surface area contributed by atoms with E-state index in [1.807, 2.05) is 12.1 Å². The van der Waals surface area contributed by atoms with Gasteiger partial charge in [-0.05, 0) is 25.0 Å². The fraction of sp³-hybridized carbons (Fsp3) is 0.533. The molecule has 6 heteroatoms. The summed E-state index contributed by atoms with van der Waals surface area (Å²) in [6, 6.07) is 3.95. The Balaban J connectivity index is 1.61. The number of nitrogens with zero attached hydrogens (tertiary/aromatic N) is 4. The van der Waals surface area contributed by atoms with Crippen molar-refractivity contribution in [1.29, 1.82) is 0 Å². The second kappa shape index (κ2) is 4.80. The average Bonchev–Trinajstić information content (AvgIpc) is 3.10. The molecule has 0 spiro atoms. The molecule has 4 rings (SSSR count). The molecular formula is C15H18N4O2. The van der Waals surface area contributed by atoms with Crippen molar-refractivity contribution in [3.05, 3.63) is 24.2 Å². The zero-order chi connectivity index (χ0) is 14.3. The van der Waals surface area contributed by atoms with Gasteiger partial charge >= 0.3 is 0 Å². The summed E-state index contributed by atoms with van der Waals surface area (Å²) in [4.78, 5) is 11.2. The Hall–Kier alpha value is -1.95. The minimum absolute atomic E-state index is 0.102. The Kier molecular flexibility index (Phi) is 2.92. The number of pyridine rings is 1. The standard InChI is InChI=1S/C15H18N4O2/c1-15(3-4-15)14-17-13(18-21-14)11-2-5-16-12(10-11)19-6-8-20-9-7-19/h2,5,10H,3-4,6-9H2,1H3. The predicted molar refractivity (Wildman–Crippen MR) is 77.1 cm³/mol. The largest absolute Gasteiger partial charge is 0.378 e. The highest BCUT2D eigenvalue weighted by atomic mass is 16.5. The molecule has 0 atom stereocenters. The van der Waals surface area contributed by atoms with Gasteiger partial charge in [0.2, 0.25) is 11.7 Å². The van der Waals surface area contributed by atoms with Gasteiger partial charge in [0.05, 0.1) is 13.2 Å². The van der Waals surface area contributed by atoms with Gasteiger partial charge in [-0.2, -0.15) is 4.98 Å². The molecular weight excluding hydrogens is 268 g/mol. The van der Waals surface area contributed by atoms with Gasteiger partial charge < -0.3 is 14.2 Å². The topological polar surface area (TPSA) is 64.3 Å². The number of hydrogen-bond acceptors (Lipinski definition) is 6. The summed E-state index contributed by atoms with van der Waals surface area (Å²) in [5.74, 6) is 2.34. The Morgan fingerprint density at radius 3 is 2.81 bits per heavy atom. The Morgan fingerprint density at radius 2 is 2.05 bits per heavy atom. The van der Waals surface area contributed by atoms with E-state index in [2.05, 4.69) is 26.9 Å². The van der Waals surface area contributed by atoms with Crippen LogP contribution in [0.3, 0.4) is 0 Å². The molecule has 1 saturated heterocycles. The Morgan fingerprint density at radius 1 is 1.24 bits per heavy atom. The van der Waals surface area contributed by atoms with E-state index in [0.717, 1.165) is 56.4 Å². The summed E-state index contributed by atoms with van der Waals surface area (Å²) in [6.45, 7) is 5.39. The quantitative estimate of drug-likeness (QED) is 0.860. The summed E-state index contributed by atoms with van der Waals surface area (Å²) < 4.78 is 10.8. The van der Waals surface area contributed by atoms with Gasteiger partial charge in [0.1, 0.15) is 5.82 Å². The van der Waals surface area contributed by atoms with Crippen LogP contribution in [0.15, 0.2) is 22.9 Å². The minimum atomic E-state index is 0.102. The van der Waals surface area contributed by atoms with Gasteiger partial charge in [0, 0.05) is 30.3 Å². The molecule has 3 heterocycles. The van der Waals surface area contributed by atoms with Crippen molar-refractivity contribution in [1.82, 2.24) is 15.1 Å². The van der Waals surface area contributed by atoms with Crippen LogP contribution in [0.4, 0.5) is 5.82 Å². The third kappa shape index (κ3) is 2.40. The lowest BCUT2D eigenvalue weighted by Gasteiger charge is -2.27. The van der Waals surface area contributed by atoms with Gasteiger partial charge in [-0.3, -0.25) is 0 Å². The number of hydrogen-bond donors (Lipinski definition) is 0. The van der Waals surface area contributed by atoms with E-state index in [4.69, 9.17) is 9.26 Å². The molecule has 1 saturated carbocycles. The molecule has 0 aromatic carbocycles. The normalized spacial score (nSPS) is 20.5. The highest BCUT2D eigenvalue weighted by Gasteiger charge is 2.44. The minimum Gasteiger partial charge on any atom is -0.378 e. The van der Waals surface area contributed by atoms with Crippen molar-refractivity contribution < 1.29 is 9.26 Å². The lowest BCUT2D eigenvalue weighted by atomic mass is 10.1. The predicted octanol–water partition coefficient (Wildman–Crippen LogP) is 2.02. The van der Waals surface area contributed by atoms with Crippen molar-refractivity contribution in [2.24, 2.45) is 0 Å². The summed E-state index contributed by atoms with van der Waals surface area (Å²) in [7, 11) is 0. The third-order valence-corrected chi connectivity index (χ3v) is 4.28. The van der Waals surface area contributed by atoms with Gasteiger partial charge in [-0.25, -0.2) is 4.98 Å². The molecule has 0 amide bonds. The molecule has 6 nitrogen and oxygen atoms in total. The first kappa shape index (κ1) is 12.8. The van der Waals surface area contributed by atoms with Crippen LogP contribution in [0.5, 0.6) is 0 Å². The number of morpholine rings is 1. The third-order valence-electron chi connectivity index (χ3n) is 4.28. The molecule has 2 aromatic rings. The maximum Gasteiger partial charge on any atom is 0.232 e. The molecule has 0 N–H and O–H groups in total. The zero-order valence-electron chi connectivity index (χ0n) is 12.1. The summed E-state index contributed by atoms with van der Waals surface area (Å²) >= 11 is 0. The average molecular weight is 286 g/mol. The maximum atomic E-state index is 5.42. The first-order valence-corrected chi connectivity index (χ1v) is 7.38. The monoisotopic (exact) mass is 286 g/mol. The van der Waals surface area contributed by atoms with Gasteiger partial charge in [0.15, 0.2) is 0 Å². The summed E-state index contributed by atoms with van der Waals surface area (Å²) in [5.41, 5.74) is 1.05.